The second kappa shape index (κ2) is 7.51. The van der Waals surface area contributed by atoms with E-state index in [-0.39, 0.29) is 12.5 Å². The van der Waals surface area contributed by atoms with E-state index in [1.165, 1.54) is 11.3 Å². The molecule has 3 aromatic rings. The molecule has 0 aliphatic heterocycles. The van der Waals surface area contributed by atoms with Crippen LogP contribution in [0.4, 0.5) is 5.13 Å². The molecule has 1 heterocycles. The van der Waals surface area contributed by atoms with Gasteiger partial charge in [0.15, 0.2) is 6.61 Å². The third-order valence-corrected chi connectivity index (χ3v) is 3.86. The highest BCUT2D eigenvalue weighted by Crippen LogP contribution is 2.18. The Morgan fingerprint density at radius 3 is 2.43 bits per heavy atom. The van der Waals surface area contributed by atoms with Crippen LogP contribution in [0.15, 0.2) is 60.7 Å². The zero-order chi connectivity index (χ0) is 15.9. The van der Waals surface area contributed by atoms with Crippen molar-refractivity contribution in [2.75, 3.05) is 11.9 Å². The fraction of sp³-hybridized carbons (Fsp3) is 0.118. The van der Waals surface area contributed by atoms with Gasteiger partial charge in [-0.15, -0.1) is 10.2 Å². The number of carbonyl (C=O) groups is 1. The first kappa shape index (κ1) is 15.2. The number of hydrogen-bond acceptors (Lipinski definition) is 5. The van der Waals surface area contributed by atoms with Gasteiger partial charge in [-0.1, -0.05) is 59.9 Å². The van der Waals surface area contributed by atoms with E-state index in [4.69, 9.17) is 4.74 Å². The lowest BCUT2D eigenvalue weighted by molar-refractivity contribution is -0.118. The van der Waals surface area contributed by atoms with Gasteiger partial charge in [-0.2, -0.15) is 0 Å². The first-order valence-corrected chi connectivity index (χ1v) is 7.95. The molecule has 0 fully saturated rings. The Kier molecular flexibility index (Phi) is 4.95. The third kappa shape index (κ3) is 4.62. The number of ether oxygens (including phenoxy) is 1. The van der Waals surface area contributed by atoms with Crippen LogP contribution < -0.4 is 10.1 Å². The van der Waals surface area contributed by atoms with Gasteiger partial charge in [0.2, 0.25) is 5.13 Å². The lowest BCUT2D eigenvalue weighted by atomic mass is 10.2. The molecule has 116 valence electrons. The molecule has 0 spiro atoms. The van der Waals surface area contributed by atoms with Crippen molar-refractivity contribution in [1.29, 1.82) is 0 Å². The van der Waals surface area contributed by atoms with E-state index in [9.17, 15) is 4.79 Å². The number of aromatic nitrogens is 2. The van der Waals surface area contributed by atoms with Crippen LogP contribution in [0.2, 0.25) is 0 Å². The Hall–Kier alpha value is -2.73. The SMILES string of the molecule is O=C(COc1ccccc1)Nc1nnc(Cc2ccccc2)s1. The van der Waals surface area contributed by atoms with Crippen LogP contribution in [0.25, 0.3) is 0 Å². The Balaban J connectivity index is 1.51. The molecule has 0 saturated carbocycles. The fourth-order valence-corrected chi connectivity index (χ4v) is 2.76. The molecule has 0 aliphatic carbocycles. The fourth-order valence-electron chi connectivity index (χ4n) is 1.97. The second-order valence-corrected chi connectivity index (χ2v) is 5.88. The zero-order valence-corrected chi connectivity index (χ0v) is 13.1. The molecule has 23 heavy (non-hydrogen) atoms. The van der Waals surface area contributed by atoms with Crippen LogP contribution in [-0.2, 0) is 11.2 Å². The monoisotopic (exact) mass is 325 g/mol. The zero-order valence-electron chi connectivity index (χ0n) is 12.3. The van der Waals surface area contributed by atoms with Crippen molar-refractivity contribution in [3.8, 4) is 5.75 Å². The topological polar surface area (TPSA) is 64.1 Å². The molecule has 0 radical (unpaired) electrons. The summed E-state index contributed by atoms with van der Waals surface area (Å²) in [5.74, 6) is 0.404. The summed E-state index contributed by atoms with van der Waals surface area (Å²) >= 11 is 1.37. The average molecular weight is 325 g/mol. The first-order chi connectivity index (χ1) is 11.3. The quantitative estimate of drug-likeness (QED) is 0.756. The average Bonchev–Trinajstić information content (AvgIpc) is 3.02. The first-order valence-electron chi connectivity index (χ1n) is 7.13. The van der Waals surface area contributed by atoms with Gasteiger partial charge in [0.05, 0.1) is 0 Å². The molecule has 0 atom stereocenters. The van der Waals surface area contributed by atoms with Gasteiger partial charge >= 0.3 is 0 Å². The van der Waals surface area contributed by atoms with Gasteiger partial charge in [-0.3, -0.25) is 10.1 Å². The summed E-state index contributed by atoms with van der Waals surface area (Å²) in [5, 5.41) is 12.1. The lowest BCUT2D eigenvalue weighted by Gasteiger charge is -2.04. The van der Waals surface area contributed by atoms with E-state index in [2.05, 4.69) is 15.5 Å². The van der Waals surface area contributed by atoms with E-state index in [1.54, 1.807) is 12.1 Å². The summed E-state index contributed by atoms with van der Waals surface area (Å²) in [7, 11) is 0. The number of anilines is 1. The van der Waals surface area contributed by atoms with E-state index >= 15 is 0 Å². The maximum absolute atomic E-state index is 11.9. The van der Waals surface area contributed by atoms with E-state index in [0.717, 1.165) is 10.6 Å². The highest BCUT2D eigenvalue weighted by atomic mass is 32.1. The molecule has 0 unspecified atom stereocenters. The van der Waals surface area contributed by atoms with Crippen molar-refractivity contribution >= 4 is 22.4 Å². The van der Waals surface area contributed by atoms with Gasteiger partial charge in [-0.25, -0.2) is 0 Å². The highest BCUT2D eigenvalue weighted by Gasteiger charge is 2.09. The van der Waals surface area contributed by atoms with Crippen LogP contribution in [0.5, 0.6) is 5.75 Å². The Morgan fingerprint density at radius 2 is 1.70 bits per heavy atom. The van der Waals surface area contributed by atoms with E-state index in [0.29, 0.717) is 17.3 Å². The normalized spacial score (nSPS) is 10.3. The molecule has 2 aromatic carbocycles. The molecule has 6 heteroatoms. The maximum Gasteiger partial charge on any atom is 0.264 e. The van der Waals surface area contributed by atoms with Crippen molar-refractivity contribution in [2.45, 2.75) is 6.42 Å². The van der Waals surface area contributed by atoms with Crippen LogP contribution in [0, 0.1) is 0 Å². The predicted octanol–water partition coefficient (Wildman–Crippen LogP) is 3.15. The highest BCUT2D eigenvalue weighted by molar-refractivity contribution is 7.15. The second-order valence-electron chi connectivity index (χ2n) is 4.81. The van der Waals surface area contributed by atoms with Gasteiger partial charge in [-0.05, 0) is 17.7 Å². The molecule has 1 aromatic heterocycles. The summed E-state index contributed by atoms with van der Waals surface area (Å²) in [4.78, 5) is 11.9. The van der Waals surface area contributed by atoms with Gasteiger partial charge in [0.25, 0.3) is 5.91 Å². The van der Waals surface area contributed by atoms with Crippen molar-refractivity contribution in [3.05, 3.63) is 71.2 Å². The van der Waals surface area contributed by atoms with E-state index < -0.39 is 0 Å². The smallest absolute Gasteiger partial charge is 0.264 e. The van der Waals surface area contributed by atoms with Gasteiger partial charge in [0, 0.05) is 6.42 Å². The molecular formula is C17H15N3O2S. The molecule has 0 bridgehead atoms. The minimum absolute atomic E-state index is 0.0579. The number of rotatable bonds is 6. The van der Waals surface area contributed by atoms with Crippen LogP contribution in [0.1, 0.15) is 10.6 Å². The summed E-state index contributed by atoms with van der Waals surface area (Å²) < 4.78 is 5.39. The van der Waals surface area contributed by atoms with Crippen molar-refractivity contribution < 1.29 is 9.53 Å². The van der Waals surface area contributed by atoms with Gasteiger partial charge in [0.1, 0.15) is 10.8 Å². The maximum atomic E-state index is 11.9. The van der Waals surface area contributed by atoms with Crippen LogP contribution in [-0.4, -0.2) is 22.7 Å². The molecule has 0 aliphatic rings. The molecule has 3 rings (SSSR count). The number of amides is 1. The largest absolute Gasteiger partial charge is 0.484 e. The predicted molar refractivity (Wildman–Crippen MR) is 89.7 cm³/mol. The summed E-state index contributed by atoms with van der Waals surface area (Å²) in [6, 6.07) is 19.2. The van der Waals surface area contributed by atoms with E-state index in [1.807, 2.05) is 48.5 Å². The molecule has 0 saturated heterocycles. The molecule has 1 amide bonds. The Morgan fingerprint density at radius 1 is 1.00 bits per heavy atom. The molecule has 5 nitrogen and oxygen atoms in total. The Labute approximate surface area is 138 Å². The van der Waals surface area contributed by atoms with Crippen LogP contribution in [0.3, 0.4) is 0 Å². The number of nitrogens with one attached hydrogen (secondary N) is 1. The summed E-state index contributed by atoms with van der Waals surface area (Å²) in [5.41, 5.74) is 1.16. The number of para-hydroxylation sites is 1. The third-order valence-electron chi connectivity index (χ3n) is 3.02. The van der Waals surface area contributed by atoms with Crippen molar-refractivity contribution in [2.24, 2.45) is 0 Å². The summed E-state index contributed by atoms with van der Waals surface area (Å²) in [6.45, 7) is -0.0579. The minimum Gasteiger partial charge on any atom is -0.484 e. The number of hydrogen-bond donors (Lipinski definition) is 1. The molecular weight excluding hydrogens is 310 g/mol. The van der Waals surface area contributed by atoms with Crippen LogP contribution >= 0.6 is 11.3 Å². The minimum atomic E-state index is -0.253. The van der Waals surface area contributed by atoms with Gasteiger partial charge < -0.3 is 4.74 Å². The summed E-state index contributed by atoms with van der Waals surface area (Å²) in [6.07, 6.45) is 0.703. The molecule has 1 N–H and O–H groups in total. The number of carbonyl (C=O) groups excluding carboxylic acids is 1. The van der Waals surface area contributed by atoms with Crippen molar-refractivity contribution in [3.63, 3.8) is 0 Å². The Bertz CT molecular complexity index is 760. The number of benzene rings is 2. The lowest BCUT2D eigenvalue weighted by Crippen LogP contribution is -2.20. The van der Waals surface area contributed by atoms with Crippen molar-refractivity contribution in [1.82, 2.24) is 10.2 Å². The number of nitrogens with zero attached hydrogens (tertiary/aromatic N) is 2. The standard InChI is InChI=1S/C17H15N3O2S/c21-15(12-22-14-9-5-2-6-10-14)18-17-20-19-16(23-17)11-13-7-3-1-4-8-13/h1-10H,11-12H2,(H,18,20,21).